The lowest BCUT2D eigenvalue weighted by Gasteiger charge is -2.22. The van der Waals surface area contributed by atoms with Crippen molar-refractivity contribution in [1.82, 2.24) is 0 Å². The average Bonchev–Trinajstić information content (AvgIpc) is 1.83. The van der Waals surface area contributed by atoms with Gasteiger partial charge in [-0.2, -0.15) is 0 Å². The zero-order valence-corrected chi connectivity index (χ0v) is 6.61. The first-order valence-electron chi connectivity index (χ1n) is 2.72. The highest BCUT2D eigenvalue weighted by molar-refractivity contribution is 9.10. The summed E-state index contributed by atoms with van der Waals surface area (Å²) in [6.45, 7) is 0. The first-order valence-corrected chi connectivity index (χ1v) is 3.51. The van der Waals surface area contributed by atoms with Crippen molar-refractivity contribution < 1.29 is 8.78 Å². The molecule has 4 heteroatoms. The molecule has 1 aliphatic rings. The molecule has 0 aromatic carbocycles. The van der Waals surface area contributed by atoms with Crippen LogP contribution in [0, 0.1) is 0 Å². The van der Waals surface area contributed by atoms with E-state index in [0.29, 0.717) is 0 Å². The van der Waals surface area contributed by atoms with E-state index in [1.54, 1.807) is 0 Å². The normalized spacial score (nSPS) is 39.6. The molecule has 0 radical (unpaired) electrons. The van der Waals surface area contributed by atoms with Crippen LogP contribution in [0.4, 0.5) is 8.78 Å². The van der Waals surface area contributed by atoms with Crippen molar-refractivity contribution in [1.29, 1.82) is 0 Å². The van der Waals surface area contributed by atoms with E-state index >= 15 is 0 Å². The van der Waals surface area contributed by atoms with E-state index in [9.17, 15) is 8.78 Å². The van der Waals surface area contributed by atoms with Crippen LogP contribution in [0.25, 0.3) is 0 Å². The topological polar surface area (TPSA) is 26.0 Å². The SMILES string of the molecule is NC1C(F)=CC=CC1(F)Br. The molecular weight excluding hydrogens is 204 g/mol. The highest BCUT2D eigenvalue weighted by atomic mass is 79.9. The Balaban J connectivity index is 2.89. The fraction of sp³-hybridized carbons (Fsp3) is 0.333. The van der Waals surface area contributed by atoms with E-state index in [1.165, 1.54) is 12.2 Å². The molecule has 1 nitrogen and oxygen atoms in total. The van der Waals surface area contributed by atoms with Gasteiger partial charge in [0, 0.05) is 0 Å². The molecule has 2 unspecified atom stereocenters. The molecule has 0 amide bonds. The number of halogens is 3. The quantitative estimate of drug-likeness (QED) is 0.606. The van der Waals surface area contributed by atoms with Gasteiger partial charge in [0.2, 0.25) is 4.58 Å². The Labute approximate surface area is 65.7 Å². The first kappa shape index (κ1) is 7.88. The smallest absolute Gasteiger partial charge is 0.204 e. The molecule has 0 saturated heterocycles. The zero-order chi connectivity index (χ0) is 7.78. The minimum absolute atomic E-state index is 0.651. The van der Waals surface area contributed by atoms with Crippen LogP contribution in [0.15, 0.2) is 24.1 Å². The van der Waals surface area contributed by atoms with Gasteiger partial charge in [0.05, 0.1) is 0 Å². The molecule has 2 N–H and O–H groups in total. The average molecular weight is 210 g/mol. The highest BCUT2D eigenvalue weighted by Crippen LogP contribution is 2.32. The second-order valence-electron chi connectivity index (χ2n) is 2.06. The molecule has 10 heavy (non-hydrogen) atoms. The molecule has 56 valence electrons. The van der Waals surface area contributed by atoms with Crippen LogP contribution in [0.3, 0.4) is 0 Å². The molecular formula is C6H6BrF2N. The maximum atomic E-state index is 12.9. The van der Waals surface area contributed by atoms with Crippen LogP contribution in [0.1, 0.15) is 0 Å². The van der Waals surface area contributed by atoms with Crippen LogP contribution in [-0.4, -0.2) is 10.6 Å². The summed E-state index contributed by atoms with van der Waals surface area (Å²) in [7, 11) is 0. The van der Waals surface area contributed by atoms with Crippen molar-refractivity contribution in [2.75, 3.05) is 0 Å². The van der Waals surface area contributed by atoms with Crippen molar-refractivity contribution >= 4 is 15.9 Å². The predicted molar refractivity (Wildman–Crippen MR) is 39.1 cm³/mol. The standard InChI is InChI=1S/C6H6BrF2N/c7-6(9)3-1-2-4(8)5(6)10/h1-3,5H,10H2. The summed E-state index contributed by atoms with van der Waals surface area (Å²) in [5.41, 5.74) is 5.14. The number of hydrogen-bond acceptors (Lipinski definition) is 1. The third kappa shape index (κ3) is 1.27. The van der Waals surface area contributed by atoms with Gasteiger partial charge < -0.3 is 5.73 Å². The maximum Gasteiger partial charge on any atom is 0.204 e. The summed E-state index contributed by atoms with van der Waals surface area (Å²) in [6.07, 6.45) is 3.60. The minimum atomic E-state index is -1.92. The number of rotatable bonds is 0. The molecule has 1 aliphatic carbocycles. The number of nitrogens with two attached hydrogens (primary N) is 1. The fourth-order valence-electron chi connectivity index (χ4n) is 0.660. The molecule has 0 aliphatic heterocycles. The van der Waals surface area contributed by atoms with Gasteiger partial charge in [0.15, 0.2) is 0 Å². The third-order valence-corrected chi connectivity index (χ3v) is 2.04. The summed E-state index contributed by atoms with van der Waals surface area (Å²) in [5.74, 6) is -0.651. The summed E-state index contributed by atoms with van der Waals surface area (Å²) in [4.78, 5) is 0. The molecule has 0 fully saturated rings. The Morgan fingerprint density at radius 2 is 2.30 bits per heavy atom. The molecule has 0 spiro atoms. The van der Waals surface area contributed by atoms with Gasteiger partial charge >= 0.3 is 0 Å². The highest BCUT2D eigenvalue weighted by Gasteiger charge is 2.35. The van der Waals surface area contributed by atoms with E-state index in [2.05, 4.69) is 15.9 Å². The van der Waals surface area contributed by atoms with Crippen molar-refractivity contribution in [3.63, 3.8) is 0 Å². The number of hydrogen-bond donors (Lipinski definition) is 1. The van der Waals surface area contributed by atoms with Crippen molar-refractivity contribution in [2.45, 2.75) is 10.6 Å². The lowest BCUT2D eigenvalue weighted by Crippen LogP contribution is -2.39. The third-order valence-electron chi connectivity index (χ3n) is 1.29. The Hall–Kier alpha value is -0.220. The van der Waals surface area contributed by atoms with Crippen LogP contribution in [-0.2, 0) is 0 Å². The molecule has 2 atom stereocenters. The largest absolute Gasteiger partial charge is 0.318 e. The van der Waals surface area contributed by atoms with Gasteiger partial charge in [0.25, 0.3) is 0 Å². The lowest BCUT2D eigenvalue weighted by atomic mass is 10.1. The van der Waals surface area contributed by atoms with Crippen LogP contribution in [0.2, 0.25) is 0 Å². The van der Waals surface area contributed by atoms with Crippen LogP contribution < -0.4 is 5.73 Å². The molecule has 0 aromatic rings. The monoisotopic (exact) mass is 209 g/mol. The Kier molecular flexibility index (Phi) is 1.92. The number of allylic oxidation sites excluding steroid dienone is 2. The summed E-state index contributed by atoms with van der Waals surface area (Å²) >= 11 is 2.64. The van der Waals surface area contributed by atoms with E-state index in [0.717, 1.165) is 6.08 Å². The first-order chi connectivity index (χ1) is 4.54. The van der Waals surface area contributed by atoms with Gasteiger partial charge in [-0.3, -0.25) is 0 Å². The van der Waals surface area contributed by atoms with Gasteiger partial charge in [0.1, 0.15) is 11.9 Å². The minimum Gasteiger partial charge on any atom is -0.318 e. The summed E-state index contributed by atoms with van der Waals surface area (Å²) in [6, 6.07) is -1.22. The molecule has 0 bridgehead atoms. The van der Waals surface area contributed by atoms with Gasteiger partial charge in [-0.25, -0.2) is 8.78 Å². The Bertz CT molecular complexity index is 198. The van der Waals surface area contributed by atoms with Gasteiger partial charge in [-0.1, -0.05) is 6.08 Å². The predicted octanol–water partition coefficient (Wildman–Crippen LogP) is 1.80. The Morgan fingerprint density at radius 1 is 1.70 bits per heavy atom. The Morgan fingerprint density at radius 3 is 2.70 bits per heavy atom. The maximum absolute atomic E-state index is 12.9. The van der Waals surface area contributed by atoms with Crippen molar-refractivity contribution in [2.24, 2.45) is 5.73 Å². The van der Waals surface area contributed by atoms with Crippen molar-refractivity contribution in [3.8, 4) is 0 Å². The zero-order valence-electron chi connectivity index (χ0n) is 5.02. The van der Waals surface area contributed by atoms with E-state index in [-0.39, 0.29) is 0 Å². The lowest BCUT2D eigenvalue weighted by molar-refractivity contribution is 0.302. The summed E-state index contributed by atoms with van der Waals surface area (Å²) < 4.78 is 23.5. The van der Waals surface area contributed by atoms with E-state index in [1.807, 2.05) is 0 Å². The van der Waals surface area contributed by atoms with Crippen LogP contribution >= 0.6 is 15.9 Å². The second kappa shape index (κ2) is 2.43. The van der Waals surface area contributed by atoms with Gasteiger partial charge in [-0.15, -0.1) is 0 Å². The second-order valence-corrected chi connectivity index (χ2v) is 3.28. The fourth-order valence-corrected chi connectivity index (χ4v) is 1.03. The van der Waals surface area contributed by atoms with Crippen molar-refractivity contribution in [3.05, 3.63) is 24.1 Å². The molecule has 0 heterocycles. The summed E-state index contributed by atoms with van der Waals surface area (Å²) in [5, 5.41) is 0. The molecule has 1 rings (SSSR count). The molecule has 0 aromatic heterocycles. The van der Waals surface area contributed by atoms with E-state index in [4.69, 9.17) is 5.73 Å². The van der Waals surface area contributed by atoms with E-state index < -0.39 is 16.4 Å². The number of alkyl halides is 2. The molecule has 0 saturated carbocycles. The van der Waals surface area contributed by atoms with Crippen LogP contribution in [0.5, 0.6) is 0 Å². The van der Waals surface area contributed by atoms with Gasteiger partial charge in [-0.05, 0) is 28.1 Å².